The van der Waals surface area contributed by atoms with E-state index in [0.29, 0.717) is 32.8 Å². The number of halogens is 1. The number of methoxy groups -OCH3 is 1. The topological polar surface area (TPSA) is 60.5 Å². The predicted octanol–water partition coefficient (Wildman–Crippen LogP) is 5.94. The molecule has 0 aliphatic carbocycles. The summed E-state index contributed by atoms with van der Waals surface area (Å²) in [5, 5.41) is 3.91. The van der Waals surface area contributed by atoms with Gasteiger partial charge in [0, 0.05) is 39.7 Å². The number of anilines is 1. The van der Waals surface area contributed by atoms with Crippen LogP contribution in [0.25, 0.3) is 6.08 Å². The highest BCUT2D eigenvalue weighted by Crippen LogP contribution is 2.37. The standard InChI is InChI=1S/C24H21ClN2O3S/c1-14-6-15(2)8-16(7-14)9-20-13-26-24(31-20)27-23(28)17-4-5-30-22-18(10-17)11-19(25)12-21(22)29-3/h4-8,10-13H,9H2,1-3H3,(H,26,27,28). The molecular formula is C24H21ClN2O3S. The number of carbonyl (C=O) groups is 1. The molecule has 2 aromatic carbocycles. The number of fused-ring (bicyclic) bond motifs is 1. The van der Waals surface area contributed by atoms with E-state index in [4.69, 9.17) is 21.1 Å². The first-order chi connectivity index (χ1) is 14.9. The molecular weight excluding hydrogens is 432 g/mol. The third-order valence-electron chi connectivity index (χ3n) is 4.71. The van der Waals surface area contributed by atoms with Crippen molar-refractivity contribution in [2.75, 3.05) is 12.4 Å². The lowest BCUT2D eigenvalue weighted by Crippen LogP contribution is -2.12. The molecule has 1 aliphatic heterocycles. The third-order valence-corrected chi connectivity index (χ3v) is 5.84. The Hall–Kier alpha value is -3.09. The maximum absolute atomic E-state index is 12.8. The molecule has 2 heterocycles. The molecule has 1 N–H and O–H groups in total. The Morgan fingerprint density at radius 2 is 1.97 bits per heavy atom. The minimum atomic E-state index is -0.279. The molecule has 1 aromatic heterocycles. The van der Waals surface area contributed by atoms with Crippen molar-refractivity contribution in [1.82, 2.24) is 4.98 Å². The highest BCUT2D eigenvalue weighted by atomic mass is 35.5. The number of hydrogen-bond donors (Lipinski definition) is 1. The van der Waals surface area contributed by atoms with Crippen LogP contribution in [-0.4, -0.2) is 18.0 Å². The molecule has 5 nitrogen and oxygen atoms in total. The largest absolute Gasteiger partial charge is 0.493 e. The van der Waals surface area contributed by atoms with E-state index in [1.807, 2.05) is 0 Å². The number of benzene rings is 2. The molecule has 0 saturated carbocycles. The van der Waals surface area contributed by atoms with Crippen LogP contribution in [0.4, 0.5) is 5.13 Å². The molecule has 0 bridgehead atoms. The second kappa shape index (κ2) is 8.96. The number of rotatable bonds is 5. The molecule has 0 saturated heterocycles. The number of nitrogens with one attached hydrogen (secondary N) is 1. The van der Waals surface area contributed by atoms with Gasteiger partial charge < -0.3 is 9.47 Å². The molecule has 0 atom stereocenters. The van der Waals surface area contributed by atoms with Crippen molar-refractivity contribution < 1.29 is 14.3 Å². The van der Waals surface area contributed by atoms with Crippen LogP contribution in [0.3, 0.4) is 0 Å². The van der Waals surface area contributed by atoms with E-state index in [1.165, 1.54) is 34.3 Å². The summed E-state index contributed by atoms with van der Waals surface area (Å²) in [5.41, 5.74) is 4.79. The maximum atomic E-state index is 12.8. The van der Waals surface area contributed by atoms with Gasteiger partial charge in [0.15, 0.2) is 16.6 Å². The van der Waals surface area contributed by atoms with Gasteiger partial charge in [-0.3, -0.25) is 10.1 Å². The zero-order valence-electron chi connectivity index (χ0n) is 17.4. The van der Waals surface area contributed by atoms with Crippen molar-refractivity contribution in [1.29, 1.82) is 0 Å². The number of nitrogens with zero attached hydrogens (tertiary/aromatic N) is 1. The molecule has 7 heteroatoms. The highest BCUT2D eigenvalue weighted by Gasteiger charge is 2.17. The summed E-state index contributed by atoms with van der Waals surface area (Å²) in [6, 6.07) is 9.89. The van der Waals surface area contributed by atoms with Crippen molar-refractivity contribution in [3.63, 3.8) is 0 Å². The number of amides is 1. The summed E-state index contributed by atoms with van der Waals surface area (Å²) in [5.74, 6) is 0.732. The number of thiazole rings is 1. The normalized spacial score (nSPS) is 12.5. The quantitative estimate of drug-likeness (QED) is 0.520. The summed E-state index contributed by atoms with van der Waals surface area (Å²) in [4.78, 5) is 18.3. The summed E-state index contributed by atoms with van der Waals surface area (Å²) < 4.78 is 11.0. The van der Waals surface area contributed by atoms with Crippen molar-refractivity contribution in [2.24, 2.45) is 0 Å². The van der Waals surface area contributed by atoms with Crippen LogP contribution in [0.2, 0.25) is 5.02 Å². The minimum absolute atomic E-state index is 0.279. The lowest BCUT2D eigenvalue weighted by Gasteiger charge is -2.10. The van der Waals surface area contributed by atoms with E-state index in [9.17, 15) is 4.79 Å². The Balaban J connectivity index is 1.51. The summed E-state index contributed by atoms with van der Waals surface area (Å²) in [7, 11) is 1.54. The van der Waals surface area contributed by atoms with Crippen molar-refractivity contribution in [3.05, 3.63) is 86.6 Å². The molecule has 0 fully saturated rings. The van der Waals surface area contributed by atoms with Crippen molar-refractivity contribution >= 4 is 40.1 Å². The van der Waals surface area contributed by atoms with Crippen LogP contribution in [-0.2, 0) is 11.2 Å². The Bertz CT molecular complexity index is 1190. The molecule has 31 heavy (non-hydrogen) atoms. The lowest BCUT2D eigenvalue weighted by molar-refractivity contribution is -0.112. The Labute approximate surface area is 190 Å². The zero-order valence-corrected chi connectivity index (χ0v) is 18.9. The van der Waals surface area contributed by atoms with E-state index in [2.05, 4.69) is 42.3 Å². The van der Waals surface area contributed by atoms with E-state index >= 15 is 0 Å². The monoisotopic (exact) mass is 452 g/mol. The van der Waals surface area contributed by atoms with Gasteiger partial charge in [0.1, 0.15) is 0 Å². The van der Waals surface area contributed by atoms with E-state index in [1.54, 1.807) is 37.6 Å². The van der Waals surface area contributed by atoms with Gasteiger partial charge >= 0.3 is 0 Å². The smallest absolute Gasteiger partial charge is 0.257 e. The van der Waals surface area contributed by atoms with Gasteiger partial charge in [0.2, 0.25) is 0 Å². The minimum Gasteiger partial charge on any atom is -0.493 e. The Kier molecular flexibility index (Phi) is 6.11. The van der Waals surface area contributed by atoms with E-state index in [-0.39, 0.29) is 5.91 Å². The number of ether oxygens (including phenoxy) is 2. The first kappa shape index (κ1) is 21.2. The van der Waals surface area contributed by atoms with Gasteiger partial charge in [-0.05, 0) is 37.6 Å². The van der Waals surface area contributed by atoms with Gasteiger partial charge in [-0.15, -0.1) is 11.3 Å². The average molecular weight is 453 g/mol. The van der Waals surface area contributed by atoms with Gasteiger partial charge in [0.05, 0.1) is 13.4 Å². The number of hydrogen-bond acceptors (Lipinski definition) is 5. The van der Waals surface area contributed by atoms with Crippen molar-refractivity contribution in [3.8, 4) is 11.5 Å². The molecule has 0 spiro atoms. The van der Waals surface area contributed by atoms with E-state index < -0.39 is 0 Å². The molecule has 3 aromatic rings. The predicted molar refractivity (Wildman–Crippen MR) is 125 cm³/mol. The summed E-state index contributed by atoms with van der Waals surface area (Å²) in [6.45, 7) is 4.18. The van der Waals surface area contributed by atoms with Crippen LogP contribution in [0, 0.1) is 13.8 Å². The molecule has 4 rings (SSSR count). The number of carbonyl (C=O) groups excluding carboxylic acids is 1. The van der Waals surface area contributed by atoms with Gasteiger partial charge in [0.25, 0.3) is 5.91 Å². The van der Waals surface area contributed by atoms with Crippen LogP contribution < -0.4 is 14.8 Å². The van der Waals surface area contributed by atoms with E-state index in [0.717, 1.165) is 11.3 Å². The van der Waals surface area contributed by atoms with Gasteiger partial charge in [-0.25, -0.2) is 4.98 Å². The molecule has 1 amide bonds. The second-order valence-electron chi connectivity index (χ2n) is 7.31. The fraction of sp³-hybridized carbons (Fsp3) is 0.167. The average Bonchev–Trinajstić information content (AvgIpc) is 3.01. The maximum Gasteiger partial charge on any atom is 0.257 e. The molecule has 0 unspecified atom stereocenters. The fourth-order valence-electron chi connectivity index (χ4n) is 3.49. The lowest BCUT2D eigenvalue weighted by atomic mass is 10.0. The summed E-state index contributed by atoms with van der Waals surface area (Å²) >= 11 is 7.63. The van der Waals surface area contributed by atoms with Crippen molar-refractivity contribution in [2.45, 2.75) is 20.3 Å². The SMILES string of the molecule is COc1cc(Cl)cc2c1OC=CC(C(=O)Nc1ncc(Cc3cc(C)cc(C)c3)s1)=C2. The van der Waals surface area contributed by atoms with Crippen LogP contribution in [0.5, 0.6) is 11.5 Å². The Morgan fingerprint density at radius 1 is 1.19 bits per heavy atom. The molecule has 158 valence electrons. The van der Waals surface area contributed by atoms with Crippen LogP contribution >= 0.6 is 22.9 Å². The first-order valence-electron chi connectivity index (χ1n) is 9.67. The number of aromatic nitrogens is 1. The Morgan fingerprint density at radius 3 is 2.71 bits per heavy atom. The second-order valence-corrected chi connectivity index (χ2v) is 8.86. The fourth-order valence-corrected chi connectivity index (χ4v) is 4.55. The zero-order chi connectivity index (χ0) is 22.0. The van der Waals surface area contributed by atoms with Gasteiger partial charge in [-0.2, -0.15) is 0 Å². The van der Waals surface area contributed by atoms with Crippen LogP contribution in [0.15, 0.2) is 54.4 Å². The summed E-state index contributed by atoms with van der Waals surface area (Å²) in [6.07, 6.45) is 7.36. The van der Waals surface area contributed by atoms with Gasteiger partial charge in [-0.1, -0.05) is 40.9 Å². The first-order valence-corrected chi connectivity index (χ1v) is 10.9. The highest BCUT2D eigenvalue weighted by molar-refractivity contribution is 7.15. The van der Waals surface area contributed by atoms with Crippen LogP contribution in [0.1, 0.15) is 27.1 Å². The molecule has 0 radical (unpaired) electrons. The molecule has 1 aliphatic rings. The third kappa shape index (κ3) is 4.98. The number of aryl methyl sites for hydroxylation is 2.